The minimum Gasteiger partial charge on any atom is -0.484 e. The van der Waals surface area contributed by atoms with Gasteiger partial charge in [-0.3, -0.25) is 14.9 Å². The molecule has 0 amide bonds. The van der Waals surface area contributed by atoms with Crippen molar-refractivity contribution in [3.63, 3.8) is 0 Å². The van der Waals surface area contributed by atoms with Crippen LogP contribution in [0.1, 0.15) is 10.4 Å². The first-order chi connectivity index (χ1) is 9.99. The molecule has 108 valence electrons. The first-order valence-corrected chi connectivity index (χ1v) is 6.21. The number of ketones is 1. The molecule has 2 aromatic rings. The lowest BCUT2D eigenvalue weighted by Gasteiger charge is -2.07. The molecular weight excluding hydrogens is 301 g/mol. The highest BCUT2D eigenvalue weighted by Crippen LogP contribution is 2.29. The van der Waals surface area contributed by atoms with E-state index >= 15 is 0 Å². The van der Waals surface area contributed by atoms with Gasteiger partial charge in [-0.2, -0.15) is 0 Å². The van der Waals surface area contributed by atoms with Crippen molar-refractivity contribution in [2.24, 2.45) is 0 Å². The summed E-state index contributed by atoms with van der Waals surface area (Å²) >= 11 is 5.83. The van der Waals surface area contributed by atoms with Crippen LogP contribution in [0.4, 0.5) is 10.1 Å². The van der Waals surface area contributed by atoms with Gasteiger partial charge in [-0.15, -0.1) is 0 Å². The van der Waals surface area contributed by atoms with Gasteiger partial charge in [0, 0.05) is 6.07 Å². The average Bonchev–Trinajstić information content (AvgIpc) is 2.46. The van der Waals surface area contributed by atoms with Crippen LogP contribution in [0.2, 0.25) is 5.02 Å². The largest absolute Gasteiger partial charge is 0.484 e. The lowest BCUT2D eigenvalue weighted by atomic mass is 10.1. The maximum absolute atomic E-state index is 13.4. The molecule has 0 aromatic heterocycles. The number of hydrogen-bond acceptors (Lipinski definition) is 4. The van der Waals surface area contributed by atoms with Crippen LogP contribution in [0.3, 0.4) is 0 Å². The number of hydrogen-bond donors (Lipinski definition) is 0. The smallest absolute Gasteiger partial charge is 0.273 e. The van der Waals surface area contributed by atoms with Crippen LogP contribution in [0.5, 0.6) is 5.75 Å². The Labute approximate surface area is 124 Å². The summed E-state index contributed by atoms with van der Waals surface area (Å²) in [4.78, 5) is 21.9. The molecule has 0 aliphatic carbocycles. The predicted molar refractivity (Wildman–Crippen MR) is 74.3 cm³/mol. The number of non-ortho nitro benzene ring substituents is 1. The SMILES string of the molecule is O=C(COc1cc([N+](=O)[O-])ccc1Cl)c1ccccc1F. The van der Waals surface area contributed by atoms with E-state index in [2.05, 4.69) is 0 Å². The summed E-state index contributed by atoms with van der Waals surface area (Å²) in [6.07, 6.45) is 0. The third-order valence-corrected chi connectivity index (χ3v) is 2.97. The summed E-state index contributed by atoms with van der Waals surface area (Å²) in [5, 5.41) is 10.8. The van der Waals surface area contributed by atoms with Crippen LogP contribution in [0.25, 0.3) is 0 Å². The molecule has 0 unspecified atom stereocenters. The first-order valence-electron chi connectivity index (χ1n) is 5.83. The van der Waals surface area contributed by atoms with Crippen molar-refractivity contribution in [1.82, 2.24) is 0 Å². The van der Waals surface area contributed by atoms with Crippen molar-refractivity contribution < 1.29 is 18.8 Å². The zero-order valence-corrected chi connectivity index (χ0v) is 11.3. The molecule has 2 aromatic carbocycles. The van der Waals surface area contributed by atoms with Crippen molar-refractivity contribution in [1.29, 1.82) is 0 Å². The lowest BCUT2D eigenvalue weighted by molar-refractivity contribution is -0.384. The van der Waals surface area contributed by atoms with Gasteiger partial charge in [0.2, 0.25) is 5.78 Å². The number of nitrogens with zero attached hydrogens (tertiary/aromatic N) is 1. The van der Waals surface area contributed by atoms with E-state index in [1.165, 1.54) is 30.3 Å². The number of nitro groups is 1. The number of rotatable bonds is 5. The Morgan fingerprint density at radius 2 is 2.00 bits per heavy atom. The fourth-order valence-corrected chi connectivity index (χ4v) is 1.80. The van der Waals surface area contributed by atoms with Gasteiger partial charge in [-0.1, -0.05) is 23.7 Å². The molecule has 7 heteroatoms. The standard InChI is InChI=1S/C14H9ClFNO4/c15-11-6-5-9(17(19)20)7-14(11)21-8-13(18)10-3-1-2-4-12(10)16/h1-7H,8H2. The molecule has 0 bridgehead atoms. The van der Waals surface area contributed by atoms with Crippen LogP contribution in [-0.4, -0.2) is 17.3 Å². The molecule has 5 nitrogen and oxygen atoms in total. The van der Waals surface area contributed by atoms with Crippen LogP contribution in [0.15, 0.2) is 42.5 Å². The summed E-state index contributed by atoms with van der Waals surface area (Å²) in [6, 6.07) is 9.10. The fraction of sp³-hybridized carbons (Fsp3) is 0.0714. The normalized spacial score (nSPS) is 10.2. The van der Waals surface area contributed by atoms with Crippen molar-refractivity contribution in [3.8, 4) is 5.75 Å². The van der Waals surface area contributed by atoms with Gasteiger partial charge >= 0.3 is 0 Å². The molecule has 0 N–H and O–H groups in total. The molecule has 0 aliphatic heterocycles. The van der Waals surface area contributed by atoms with Crippen molar-refractivity contribution in [2.75, 3.05) is 6.61 Å². The van der Waals surface area contributed by atoms with E-state index in [0.29, 0.717) is 0 Å². The molecule has 0 radical (unpaired) electrons. The average molecular weight is 310 g/mol. The number of carbonyl (C=O) groups is 1. The van der Waals surface area contributed by atoms with Crippen LogP contribution in [-0.2, 0) is 0 Å². The second-order valence-corrected chi connectivity index (χ2v) is 4.47. The highest BCUT2D eigenvalue weighted by atomic mass is 35.5. The summed E-state index contributed by atoms with van der Waals surface area (Å²) in [5.41, 5.74) is -0.327. The third kappa shape index (κ3) is 3.55. The van der Waals surface area contributed by atoms with E-state index < -0.39 is 23.1 Å². The molecule has 0 saturated carbocycles. The molecule has 0 spiro atoms. The van der Waals surface area contributed by atoms with Gasteiger partial charge in [0.05, 0.1) is 21.6 Å². The number of Topliss-reactive ketones (excluding diaryl/α,β-unsaturated/α-hetero) is 1. The quantitative estimate of drug-likeness (QED) is 0.480. The zero-order valence-electron chi connectivity index (χ0n) is 10.6. The van der Waals surface area contributed by atoms with Crippen molar-refractivity contribution >= 4 is 23.1 Å². The summed E-state index contributed by atoms with van der Waals surface area (Å²) < 4.78 is 18.6. The second kappa shape index (κ2) is 6.32. The number of nitro benzene ring substituents is 1. The third-order valence-electron chi connectivity index (χ3n) is 2.66. The number of benzene rings is 2. The predicted octanol–water partition coefficient (Wildman–Crippen LogP) is 3.65. The highest BCUT2D eigenvalue weighted by molar-refractivity contribution is 6.32. The van der Waals surface area contributed by atoms with E-state index in [4.69, 9.17) is 16.3 Å². The molecule has 0 heterocycles. The molecule has 0 saturated heterocycles. The van der Waals surface area contributed by atoms with E-state index in [1.807, 2.05) is 0 Å². The Morgan fingerprint density at radius 3 is 2.67 bits per heavy atom. The highest BCUT2D eigenvalue weighted by Gasteiger charge is 2.15. The number of halogens is 2. The number of carbonyl (C=O) groups excluding carboxylic acids is 1. The van der Waals surface area contributed by atoms with E-state index in [9.17, 15) is 19.3 Å². The summed E-state index contributed by atoms with van der Waals surface area (Å²) in [7, 11) is 0. The lowest BCUT2D eigenvalue weighted by Crippen LogP contribution is -2.13. The fourth-order valence-electron chi connectivity index (χ4n) is 1.62. The van der Waals surface area contributed by atoms with Gasteiger partial charge in [0.1, 0.15) is 11.6 Å². The Morgan fingerprint density at radius 1 is 1.29 bits per heavy atom. The van der Waals surface area contributed by atoms with E-state index in [1.54, 1.807) is 0 Å². The van der Waals surface area contributed by atoms with Gasteiger partial charge in [-0.05, 0) is 18.2 Å². The molecular formula is C14H9ClFNO4. The van der Waals surface area contributed by atoms with E-state index in [0.717, 1.165) is 12.1 Å². The molecule has 0 atom stereocenters. The number of ether oxygens (including phenoxy) is 1. The molecule has 0 fully saturated rings. The van der Waals surface area contributed by atoms with Gasteiger partial charge < -0.3 is 4.74 Å². The van der Waals surface area contributed by atoms with E-state index in [-0.39, 0.29) is 22.0 Å². The summed E-state index contributed by atoms with van der Waals surface area (Å²) in [5.74, 6) is -1.25. The zero-order chi connectivity index (χ0) is 15.4. The van der Waals surface area contributed by atoms with Gasteiger partial charge in [0.25, 0.3) is 5.69 Å². The Balaban J connectivity index is 2.13. The van der Waals surface area contributed by atoms with Crippen LogP contribution < -0.4 is 4.74 Å². The monoisotopic (exact) mass is 309 g/mol. The van der Waals surface area contributed by atoms with Crippen molar-refractivity contribution in [3.05, 3.63) is 69.0 Å². The maximum atomic E-state index is 13.4. The second-order valence-electron chi connectivity index (χ2n) is 4.06. The molecule has 0 aliphatic rings. The van der Waals surface area contributed by atoms with Crippen LogP contribution in [0, 0.1) is 15.9 Å². The Bertz CT molecular complexity index is 705. The van der Waals surface area contributed by atoms with Crippen LogP contribution >= 0.6 is 11.6 Å². The Hall–Kier alpha value is -2.47. The molecule has 2 rings (SSSR count). The topological polar surface area (TPSA) is 69.4 Å². The molecule has 21 heavy (non-hydrogen) atoms. The van der Waals surface area contributed by atoms with Crippen molar-refractivity contribution in [2.45, 2.75) is 0 Å². The first kappa shape index (κ1) is 14.9. The van der Waals surface area contributed by atoms with Gasteiger partial charge in [0.15, 0.2) is 6.61 Å². The minimum atomic E-state index is -0.656. The maximum Gasteiger partial charge on any atom is 0.273 e. The van der Waals surface area contributed by atoms with Gasteiger partial charge in [-0.25, -0.2) is 4.39 Å². The minimum absolute atomic E-state index is 0.00411. The summed E-state index contributed by atoms with van der Waals surface area (Å²) in [6.45, 7) is -0.470. The Kier molecular flexibility index (Phi) is 4.49.